The summed E-state index contributed by atoms with van der Waals surface area (Å²) in [4.78, 5) is 14.7. The van der Waals surface area contributed by atoms with Crippen LogP contribution in [0, 0.1) is 10.1 Å². The van der Waals surface area contributed by atoms with E-state index in [4.69, 9.17) is 4.74 Å². The molecule has 1 aliphatic rings. The Hall–Kier alpha value is -3.89. The molecular weight excluding hydrogens is 504 g/mol. The number of ether oxygens (including phenoxy) is 1. The average Bonchev–Trinajstić information content (AvgIpc) is 3.38. The highest BCUT2D eigenvalue weighted by Gasteiger charge is 2.29. The van der Waals surface area contributed by atoms with Crippen molar-refractivity contribution >= 4 is 32.3 Å². The van der Waals surface area contributed by atoms with Crippen LogP contribution in [0.5, 0.6) is 5.75 Å². The summed E-state index contributed by atoms with van der Waals surface area (Å²) in [5.41, 5.74) is 3.06. The highest BCUT2D eigenvalue weighted by Crippen LogP contribution is 2.34. The van der Waals surface area contributed by atoms with E-state index in [9.17, 15) is 18.5 Å². The lowest BCUT2D eigenvalue weighted by Crippen LogP contribution is -2.35. The van der Waals surface area contributed by atoms with Gasteiger partial charge in [0.05, 0.1) is 16.9 Å². The van der Waals surface area contributed by atoms with Gasteiger partial charge < -0.3 is 15.0 Å². The third-order valence-electron chi connectivity index (χ3n) is 7.13. The van der Waals surface area contributed by atoms with Gasteiger partial charge in [-0.1, -0.05) is 36.8 Å². The maximum Gasteiger partial charge on any atom is 0.293 e. The van der Waals surface area contributed by atoms with Crippen LogP contribution in [0.1, 0.15) is 36.3 Å². The number of nitro groups is 1. The van der Waals surface area contributed by atoms with Crippen molar-refractivity contribution < 1.29 is 18.1 Å². The Bertz CT molecular complexity index is 1540. The minimum atomic E-state index is -3.79. The van der Waals surface area contributed by atoms with Crippen LogP contribution in [0.15, 0.2) is 77.8 Å². The number of nitrogens with zero attached hydrogens (tertiary/aromatic N) is 2. The molecule has 38 heavy (non-hydrogen) atoms. The second kappa shape index (κ2) is 10.8. The van der Waals surface area contributed by atoms with E-state index in [0.29, 0.717) is 19.6 Å². The number of hydrogen-bond donors (Lipinski definition) is 2. The number of methoxy groups -OCH3 is 1. The Morgan fingerprint density at radius 3 is 2.50 bits per heavy atom. The summed E-state index contributed by atoms with van der Waals surface area (Å²) in [6.45, 7) is 1.22. The molecule has 3 aromatic carbocycles. The van der Waals surface area contributed by atoms with Crippen LogP contribution in [-0.2, 0) is 10.0 Å². The van der Waals surface area contributed by atoms with E-state index >= 15 is 0 Å². The van der Waals surface area contributed by atoms with Crippen LogP contribution in [0.2, 0.25) is 0 Å². The molecular formula is C28H30N4O5S. The van der Waals surface area contributed by atoms with Crippen LogP contribution in [0.3, 0.4) is 0 Å². The molecule has 0 radical (unpaired) electrons. The molecule has 1 aliphatic heterocycles. The summed E-state index contributed by atoms with van der Waals surface area (Å²) in [6.07, 6.45) is 4.54. The van der Waals surface area contributed by atoms with Crippen LogP contribution in [0.25, 0.3) is 10.9 Å². The molecule has 10 heteroatoms. The molecule has 9 nitrogen and oxygen atoms in total. The smallest absolute Gasteiger partial charge is 0.293 e. The second-order valence-electron chi connectivity index (χ2n) is 9.40. The number of sulfonamides is 1. The normalized spacial score (nSPS) is 15.3. The van der Waals surface area contributed by atoms with E-state index < -0.39 is 14.9 Å². The Kier molecular flexibility index (Phi) is 7.35. The number of fused-ring (bicyclic) bond motifs is 1. The quantitative estimate of drug-likeness (QED) is 0.216. The molecule has 2 N–H and O–H groups in total. The van der Waals surface area contributed by atoms with E-state index in [0.717, 1.165) is 47.0 Å². The number of piperidine rings is 1. The van der Waals surface area contributed by atoms with E-state index in [2.05, 4.69) is 10.3 Å². The first-order valence-electron chi connectivity index (χ1n) is 12.6. The molecule has 1 saturated heterocycles. The van der Waals surface area contributed by atoms with Gasteiger partial charge in [-0.25, -0.2) is 8.42 Å². The number of aromatic amines is 1. The van der Waals surface area contributed by atoms with Gasteiger partial charge >= 0.3 is 0 Å². The van der Waals surface area contributed by atoms with Gasteiger partial charge in [0.25, 0.3) is 5.69 Å². The maximum atomic E-state index is 13.1. The predicted octanol–water partition coefficient (Wildman–Crippen LogP) is 5.50. The van der Waals surface area contributed by atoms with E-state index in [1.807, 2.05) is 54.7 Å². The minimum absolute atomic E-state index is 0.0556. The van der Waals surface area contributed by atoms with Gasteiger partial charge in [0, 0.05) is 48.7 Å². The zero-order chi connectivity index (χ0) is 26.7. The highest BCUT2D eigenvalue weighted by atomic mass is 32.2. The van der Waals surface area contributed by atoms with Crippen molar-refractivity contribution in [3.63, 3.8) is 0 Å². The number of para-hydroxylation sites is 1. The molecule has 1 atom stereocenters. The summed E-state index contributed by atoms with van der Waals surface area (Å²) in [7, 11) is -2.18. The highest BCUT2D eigenvalue weighted by molar-refractivity contribution is 7.89. The van der Waals surface area contributed by atoms with Gasteiger partial charge in [0.15, 0.2) is 0 Å². The standard InChI is InChI=1S/C28H30N4O5S/c1-37-21-11-9-20(10-12-21)24(25-19-29-26-8-4-3-7-23(25)26)18-30-27-14-13-22(17-28(27)32(33)34)38(35,36)31-15-5-2-6-16-31/h3-4,7-14,17,19,24,29-30H,2,5-6,15-16,18H2,1H3/t24-/m0/s1. The molecule has 1 fully saturated rings. The lowest BCUT2D eigenvalue weighted by atomic mass is 9.90. The van der Waals surface area contributed by atoms with Crippen molar-refractivity contribution in [1.29, 1.82) is 0 Å². The molecule has 0 amide bonds. The van der Waals surface area contributed by atoms with Crippen molar-refractivity contribution in [3.8, 4) is 5.75 Å². The Balaban J connectivity index is 1.47. The third-order valence-corrected chi connectivity index (χ3v) is 9.02. The third kappa shape index (κ3) is 5.09. The Morgan fingerprint density at radius 1 is 1.05 bits per heavy atom. The molecule has 2 heterocycles. The number of benzene rings is 3. The summed E-state index contributed by atoms with van der Waals surface area (Å²) < 4.78 is 33.0. The molecule has 0 aliphatic carbocycles. The SMILES string of the molecule is COc1ccc([C@H](CNc2ccc(S(=O)(=O)N3CCCCC3)cc2[N+](=O)[O-])c2c[nH]c3ccccc23)cc1. The van der Waals surface area contributed by atoms with Gasteiger partial charge in [-0.2, -0.15) is 4.31 Å². The number of anilines is 1. The fourth-order valence-electron chi connectivity index (χ4n) is 5.06. The molecule has 4 aromatic rings. The first-order chi connectivity index (χ1) is 18.4. The zero-order valence-corrected chi connectivity index (χ0v) is 21.9. The van der Waals surface area contributed by atoms with Gasteiger partial charge in [-0.15, -0.1) is 0 Å². The second-order valence-corrected chi connectivity index (χ2v) is 11.3. The van der Waals surface area contributed by atoms with Gasteiger partial charge in [-0.3, -0.25) is 10.1 Å². The van der Waals surface area contributed by atoms with Gasteiger partial charge in [0.2, 0.25) is 10.0 Å². The molecule has 0 unspecified atom stereocenters. The molecule has 1 aromatic heterocycles. The molecule has 5 rings (SSSR count). The van der Waals surface area contributed by atoms with Gasteiger partial charge in [0.1, 0.15) is 11.4 Å². The Labute approximate surface area is 221 Å². The summed E-state index contributed by atoms with van der Waals surface area (Å²) in [6, 6.07) is 19.8. The van der Waals surface area contributed by atoms with E-state index in [1.165, 1.54) is 22.5 Å². The van der Waals surface area contributed by atoms with Crippen molar-refractivity contribution in [2.24, 2.45) is 0 Å². The fraction of sp³-hybridized carbons (Fsp3) is 0.286. The average molecular weight is 535 g/mol. The summed E-state index contributed by atoms with van der Waals surface area (Å²) >= 11 is 0. The number of nitrogens with one attached hydrogen (secondary N) is 2. The number of H-pyrrole nitrogens is 1. The number of hydrogen-bond acceptors (Lipinski definition) is 6. The zero-order valence-electron chi connectivity index (χ0n) is 21.1. The first kappa shape index (κ1) is 25.7. The minimum Gasteiger partial charge on any atom is -0.497 e. The largest absolute Gasteiger partial charge is 0.497 e. The van der Waals surface area contributed by atoms with Gasteiger partial charge in [-0.05, 0) is 54.3 Å². The molecule has 0 bridgehead atoms. The van der Waals surface area contributed by atoms with Crippen molar-refractivity contribution in [3.05, 3.63) is 94.2 Å². The lowest BCUT2D eigenvalue weighted by Gasteiger charge is -2.26. The van der Waals surface area contributed by atoms with Crippen molar-refractivity contribution in [2.75, 3.05) is 32.1 Å². The molecule has 0 saturated carbocycles. The van der Waals surface area contributed by atoms with Crippen LogP contribution in [0.4, 0.5) is 11.4 Å². The topological polar surface area (TPSA) is 118 Å². The molecule has 198 valence electrons. The van der Waals surface area contributed by atoms with Crippen LogP contribution in [-0.4, -0.2) is 49.4 Å². The van der Waals surface area contributed by atoms with Crippen LogP contribution >= 0.6 is 0 Å². The van der Waals surface area contributed by atoms with Crippen LogP contribution < -0.4 is 10.1 Å². The number of aromatic nitrogens is 1. The summed E-state index contributed by atoms with van der Waals surface area (Å²) in [5, 5.41) is 16.3. The van der Waals surface area contributed by atoms with Crippen molar-refractivity contribution in [1.82, 2.24) is 9.29 Å². The molecule has 0 spiro atoms. The number of nitro benzene ring substituents is 1. The van der Waals surface area contributed by atoms with Crippen molar-refractivity contribution in [2.45, 2.75) is 30.1 Å². The lowest BCUT2D eigenvalue weighted by molar-refractivity contribution is -0.384. The monoisotopic (exact) mass is 534 g/mol. The van der Waals surface area contributed by atoms with E-state index in [1.54, 1.807) is 7.11 Å². The Morgan fingerprint density at radius 2 is 1.79 bits per heavy atom. The predicted molar refractivity (Wildman–Crippen MR) is 147 cm³/mol. The maximum absolute atomic E-state index is 13.1. The summed E-state index contributed by atoms with van der Waals surface area (Å²) in [5.74, 6) is 0.592. The van der Waals surface area contributed by atoms with E-state index in [-0.39, 0.29) is 22.2 Å². The fourth-order valence-corrected chi connectivity index (χ4v) is 6.60. The number of rotatable bonds is 9. The first-order valence-corrected chi connectivity index (χ1v) is 14.0.